The Morgan fingerprint density at radius 1 is 1.00 bits per heavy atom. The van der Waals surface area contributed by atoms with Gasteiger partial charge < -0.3 is 15.2 Å². The Morgan fingerprint density at radius 3 is 2.41 bits per heavy atom. The average Bonchev–Trinajstić information content (AvgIpc) is 3.26. The van der Waals surface area contributed by atoms with E-state index in [1.807, 2.05) is 24.3 Å². The predicted molar refractivity (Wildman–Crippen MR) is 110 cm³/mol. The Bertz CT molecular complexity index is 1110. The second kappa shape index (κ2) is 10.1. The number of aryl methyl sites for hydroxylation is 1. The average molecular weight is 446 g/mol. The molecule has 3 aromatic rings. The van der Waals surface area contributed by atoms with Crippen LogP contribution in [0.5, 0.6) is 0 Å². The molecule has 1 heterocycles. The molecule has 0 bridgehead atoms. The fourth-order valence-electron chi connectivity index (χ4n) is 2.80. The highest BCUT2D eigenvalue weighted by atomic mass is 19.2. The highest BCUT2D eigenvalue weighted by molar-refractivity contribution is 5.94. The summed E-state index contributed by atoms with van der Waals surface area (Å²) in [6, 6.07) is 9.33. The largest absolute Gasteiger partial charge is 0.347 e. The normalized spacial score (nSPS) is 10.9. The van der Waals surface area contributed by atoms with Crippen LogP contribution in [0.4, 0.5) is 18.9 Å². The lowest BCUT2D eigenvalue weighted by Crippen LogP contribution is -2.33. The molecular formula is C22H21F3N4O3. The fraction of sp³-hybridized carbons (Fsp3) is 0.273. The number of halogens is 3. The van der Waals surface area contributed by atoms with E-state index in [1.54, 1.807) is 0 Å². The second-order valence-electron chi connectivity index (χ2n) is 7.34. The fourth-order valence-corrected chi connectivity index (χ4v) is 2.80. The number of rotatable bonds is 8. The summed E-state index contributed by atoms with van der Waals surface area (Å²) in [5, 5.41) is 8.31. The number of carbonyl (C=O) groups is 2. The van der Waals surface area contributed by atoms with Crippen molar-refractivity contribution in [1.29, 1.82) is 0 Å². The molecule has 0 atom stereocenters. The standard InChI is InChI=1S/C22H21F3N4O3/c1-12(2)13-3-5-14(6-4-13)22-28-19(32-29-22)10-9-17(30)26-11-18(31)27-16-8-7-15(23)20(24)21(16)25/h3-8,12H,9-11H2,1-2H3,(H,26,30)(H,27,31). The van der Waals surface area contributed by atoms with E-state index in [-0.39, 0.29) is 18.7 Å². The molecule has 0 saturated carbocycles. The second-order valence-corrected chi connectivity index (χ2v) is 7.34. The number of anilines is 1. The summed E-state index contributed by atoms with van der Waals surface area (Å²) >= 11 is 0. The zero-order valence-corrected chi connectivity index (χ0v) is 17.4. The van der Waals surface area contributed by atoms with Crippen LogP contribution in [-0.2, 0) is 16.0 Å². The smallest absolute Gasteiger partial charge is 0.243 e. The van der Waals surface area contributed by atoms with E-state index < -0.39 is 41.5 Å². The van der Waals surface area contributed by atoms with Crippen molar-refractivity contribution in [3.63, 3.8) is 0 Å². The van der Waals surface area contributed by atoms with E-state index in [1.165, 1.54) is 5.56 Å². The molecule has 0 aliphatic heterocycles. The van der Waals surface area contributed by atoms with Gasteiger partial charge in [0.25, 0.3) is 0 Å². The minimum absolute atomic E-state index is 0.0270. The van der Waals surface area contributed by atoms with Crippen LogP contribution >= 0.6 is 0 Å². The summed E-state index contributed by atoms with van der Waals surface area (Å²) in [7, 11) is 0. The highest BCUT2D eigenvalue weighted by Crippen LogP contribution is 2.21. The first kappa shape index (κ1) is 23.0. The lowest BCUT2D eigenvalue weighted by atomic mass is 10.0. The van der Waals surface area contributed by atoms with Crippen LogP contribution in [0.25, 0.3) is 11.4 Å². The summed E-state index contributed by atoms with van der Waals surface area (Å²) < 4.78 is 44.8. The molecule has 0 aliphatic carbocycles. The van der Waals surface area contributed by atoms with E-state index in [9.17, 15) is 22.8 Å². The van der Waals surface area contributed by atoms with Gasteiger partial charge in [-0.15, -0.1) is 0 Å². The van der Waals surface area contributed by atoms with Crippen LogP contribution in [0.3, 0.4) is 0 Å². The maximum Gasteiger partial charge on any atom is 0.243 e. The van der Waals surface area contributed by atoms with E-state index in [2.05, 4.69) is 34.6 Å². The number of nitrogens with zero attached hydrogens (tertiary/aromatic N) is 2. The number of nitrogens with one attached hydrogen (secondary N) is 2. The van der Waals surface area contributed by atoms with Crippen molar-refractivity contribution in [2.24, 2.45) is 0 Å². The number of benzene rings is 2. The molecule has 0 unspecified atom stereocenters. The van der Waals surface area contributed by atoms with Crippen molar-refractivity contribution < 1.29 is 27.3 Å². The van der Waals surface area contributed by atoms with Gasteiger partial charge in [-0.1, -0.05) is 43.3 Å². The SMILES string of the molecule is CC(C)c1ccc(-c2noc(CCC(=O)NCC(=O)Nc3ccc(F)c(F)c3F)n2)cc1. The van der Waals surface area contributed by atoms with E-state index in [4.69, 9.17) is 4.52 Å². The Hall–Kier alpha value is -3.69. The molecule has 3 rings (SSSR count). The van der Waals surface area contributed by atoms with Gasteiger partial charge in [0.2, 0.25) is 23.5 Å². The van der Waals surface area contributed by atoms with Gasteiger partial charge in [0.15, 0.2) is 17.5 Å². The van der Waals surface area contributed by atoms with Gasteiger partial charge >= 0.3 is 0 Å². The summed E-state index contributed by atoms with van der Waals surface area (Å²) in [5.74, 6) is -4.79. The van der Waals surface area contributed by atoms with Gasteiger partial charge in [0, 0.05) is 18.4 Å². The molecule has 2 amide bonds. The molecule has 168 valence electrons. The highest BCUT2D eigenvalue weighted by Gasteiger charge is 2.16. The zero-order chi connectivity index (χ0) is 23.3. The van der Waals surface area contributed by atoms with Crippen molar-refractivity contribution in [2.45, 2.75) is 32.6 Å². The predicted octanol–water partition coefficient (Wildman–Crippen LogP) is 3.96. The van der Waals surface area contributed by atoms with Crippen LogP contribution in [0, 0.1) is 17.5 Å². The van der Waals surface area contributed by atoms with Crippen molar-refractivity contribution in [1.82, 2.24) is 15.5 Å². The van der Waals surface area contributed by atoms with Crippen molar-refractivity contribution in [3.8, 4) is 11.4 Å². The van der Waals surface area contributed by atoms with Crippen LogP contribution in [0.1, 0.15) is 37.6 Å². The van der Waals surface area contributed by atoms with Gasteiger partial charge in [0.05, 0.1) is 12.2 Å². The molecule has 32 heavy (non-hydrogen) atoms. The summed E-state index contributed by atoms with van der Waals surface area (Å²) in [5.41, 5.74) is 1.45. The van der Waals surface area contributed by atoms with E-state index in [0.29, 0.717) is 17.8 Å². The van der Waals surface area contributed by atoms with Crippen LogP contribution in [0.15, 0.2) is 40.9 Å². The molecule has 10 heteroatoms. The van der Waals surface area contributed by atoms with Gasteiger partial charge in [-0.3, -0.25) is 9.59 Å². The van der Waals surface area contributed by atoms with Crippen molar-refractivity contribution in [2.75, 3.05) is 11.9 Å². The molecule has 0 fully saturated rings. The number of hydrogen-bond acceptors (Lipinski definition) is 5. The third kappa shape index (κ3) is 5.71. The Labute approximate surface area is 182 Å². The number of amides is 2. The van der Waals surface area contributed by atoms with Crippen molar-refractivity contribution in [3.05, 3.63) is 65.3 Å². The first-order valence-corrected chi connectivity index (χ1v) is 9.87. The number of carbonyl (C=O) groups excluding carboxylic acids is 2. The number of aromatic nitrogens is 2. The molecular weight excluding hydrogens is 425 g/mol. The first-order valence-electron chi connectivity index (χ1n) is 9.87. The molecule has 0 aliphatic rings. The monoisotopic (exact) mass is 446 g/mol. The molecule has 0 saturated heterocycles. The molecule has 2 N–H and O–H groups in total. The van der Waals surface area contributed by atoms with Crippen LogP contribution in [-0.4, -0.2) is 28.5 Å². The third-order valence-electron chi connectivity index (χ3n) is 4.62. The van der Waals surface area contributed by atoms with E-state index >= 15 is 0 Å². The summed E-state index contributed by atoms with van der Waals surface area (Å²) in [6.45, 7) is 3.71. The molecule has 1 aromatic heterocycles. The third-order valence-corrected chi connectivity index (χ3v) is 4.62. The van der Waals surface area contributed by atoms with Crippen molar-refractivity contribution >= 4 is 17.5 Å². The van der Waals surface area contributed by atoms with Crippen LogP contribution < -0.4 is 10.6 Å². The van der Waals surface area contributed by atoms with Gasteiger partial charge in [-0.2, -0.15) is 4.98 Å². The minimum atomic E-state index is -1.69. The van der Waals surface area contributed by atoms with Gasteiger partial charge in [-0.05, 0) is 23.6 Å². The maximum atomic E-state index is 13.6. The Balaban J connectivity index is 1.46. The summed E-state index contributed by atoms with van der Waals surface area (Å²) in [6.07, 6.45) is 0.128. The number of hydrogen-bond donors (Lipinski definition) is 2. The molecule has 7 nitrogen and oxygen atoms in total. The Morgan fingerprint density at radius 2 is 1.72 bits per heavy atom. The van der Waals surface area contributed by atoms with Gasteiger partial charge in [0.1, 0.15) is 0 Å². The zero-order valence-electron chi connectivity index (χ0n) is 17.4. The molecule has 0 spiro atoms. The quantitative estimate of drug-likeness (QED) is 0.511. The Kier molecular flexibility index (Phi) is 7.24. The van der Waals surface area contributed by atoms with E-state index in [0.717, 1.165) is 11.6 Å². The molecule has 0 radical (unpaired) electrons. The lowest BCUT2D eigenvalue weighted by molar-refractivity contribution is -0.124. The minimum Gasteiger partial charge on any atom is -0.347 e. The maximum absolute atomic E-state index is 13.6. The first-order chi connectivity index (χ1) is 15.2. The van der Waals surface area contributed by atoms with Crippen LogP contribution in [0.2, 0.25) is 0 Å². The topological polar surface area (TPSA) is 97.1 Å². The lowest BCUT2D eigenvalue weighted by Gasteiger charge is -2.08. The summed E-state index contributed by atoms with van der Waals surface area (Å²) in [4.78, 5) is 28.0. The molecule has 2 aromatic carbocycles. The van der Waals surface area contributed by atoms with Gasteiger partial charge in [-0.25, -0.2) is 13.2 Å².